The summed E-state index contributed by atoms with van der Waals surface area (Å²) in [5.74, 6) is 0. The molecule has 1 aliphatic carbocycles. The van der Waals surface area contributed by atoms with E-state index in [1.54, 1.807) is 0 Å². The van der Waals surface area contributed by atoms with Gasteiger partial charge in [0, 0.05) is 0 Å². The number of nitrogens with zero attached hydrogens (tertiary/aromatic N) is 1. The van der Waals surface area contributed by atoms with Crippen molar-refractivity contribution < 1.29 is 0 Å². The van der Waals surface area contributed by atoms with Crippen LogP contribution < -0.4 is 5.34 Å². The van der Waals surface area contributed by atoms with Gasteiger partial charge in [-0.3, -0.25) is 0 Å². The molecular formula is C3H6NO2. The van der Waals surface area contributed by atoms with Gasteiger partial charge in [-0.2, -0.15) is 10.1 Å². The minimum atomic E-state index is 1.00. The Morgan fingerprint density at radius 1 is 1.33 bits per heavy atom. The molecule has 1 fully saturated rings. The van der Waals surface area contributed by atoms with E-state index in [9.17, 15) is 0 Å². The van der Waals surface area contributed by atoms with Gasteiger partial charge in [0.25, 0.3) is 0 Å². The van der Waals surface area contributed by atoms with Gasteiger partial charge in [-0.1, -0.05) is 19.3 Å². The SMILES string of the molecule is C1CC1.O=[N+][O-]. The molecule has 0 bridgehead atoms. The molecule has 0 aliphatic heterocycles. The van der Waals surface area contributed by atoms with Crippen LogP contribution in [0.2, 0.25) is 0 Å². The van der Waals surface area contributed by atoms with E-state index in [1.807, 2.05) is 0 Å². The zero-order valence-corrected chi connectivity index (χ0v) is 3.39. The van der Waals surface area contributed by atoms with Crippen LogP contribution in [0.1, 0.15) is 19.3 Å². The first kappa shape index (κ1) is 5.40. The molecule has 0 atom stereocenters. The van der Waals surface area contributed by atoms with Gasteiger partial charge in [-0.15, -0.1) is 0 Å². The second kappa shape index (κ2) is 4.40. The van der Waals surface area contributed by atoms with Crippen LogP contribution in [-0.2, 0) is 0 Å². The zero-order chi connectivity index (χ0) is 4.83. The Balaban J connectivity index is 0.0000000833. The summed E-state index contributed by atoms with van der Waals surface area (Å²) in [4.78, 5) is 8.00. The highest BCUT2D eigenvalue weighted by molar-refractivity contribution is 4.50. The van der Waals surface area contributed by atoms with Crippen LogP contribution in [0.5, 0.6) is 0 Å². The van der Waals surface area contributed by atoms with E-state index in [1.165, 1.54) is 19.3 Å². The van der Waals surface area contributed by atoms with E-state index in [0.717, 1.165) is 5.34 Å². The maximum Gasteiger partial charge on any atom is 0.387 e. The highest BCUT2D eigenvalue weighted by atomic mass is 16.6. The minimum Gasteiger partial charge on any atom is -0.194 e. The predicted octanol–water partition coefficient (Wildman–Crippen LogP) is 0.757. The van der Waals surface area contributed by atoms with Crippen molar-refractivity contribution in [2.24, 2.45) is 0 Å². The molecule has 0 aromatic carbocycles. The monoisotopic (exact) mass is 88.0 g/mol. The lowest BCUT2D eigenvalue weighted by molar-refractivity contribution is 1.38. The Kier molecular flexibility index (Phi) is 3.96. The summed E-state index contributed by atoms with van der Waals surface area (Å²) >= 11 is 0. The number of hydrogen-bond donors (Lipinski definition) is 0. The van der Waals surface area contributed by atoms with Gasteiger partial charge in [0.05, 0.1) is 0 Å². The molecule has 1 radical (unpaired) electrons. The van der Waals surface area contributed by atoms with Crippen LogP contribution in [-0.4, -0.2) is 0 Å². The molecular weight excluding hydrogens is 82.0 g/mol. The van der Waals surface area contributed by atoms with E-state index in [0.29, 0.717) is 0 Å². The zero-order valence-electron chi connectivity index (χ0n) is 3.39. The third-order valence-electron chi connectivity index (χ3n) is 0.354. The Bertz CT molecular complexity index is 33.0. The molecule has 0 aromatic rings. The first-order chi connectivity index (χ1) is 2.91. The van der Waals surface area contributed by atoms with Crippen molar-refractivity contribution in [2.75, 3.05) is 0 Å². The Hall–Kier alpha value is -0.600. The van der Waals surface area contributed by atoms with Gasteiger partial charge in [0.15, 0.2) is 0 Å². The fraction of sp³-hybridized carbons (Fsp3) is 1.00. The third-order valence-corrected chi connectivity index (χ3v) is 0.354. The normalized spacial score (nSPS) is 14.0. The van der Waals surface area contributed by atoms with Gasteiger partial charge in [0.2, 0.25) is 0 Å². The van der Waals surface area contributed by atoms with Gasteiger partial charge < -0.3 is 0 Å². The van der Waals surface area contributed by atoms with Crippen molar-refractivity contribution in [3.8, 4) is 0 Å². The quantitative estimate of drug-likeness (QED) is 0.324. The van der Waals surface area contributed by atoms with Gasteiger partial charge >= 0.3 is 5.34 Å². The Morgan fingerprint density at radius 3 is 1.50 bits per heavy atom. The molecule has 0 spiro atoms. The summed E-state index contributed by atoms with van der Waals surface area (Å²) in [5.41, 5.74) is 0. The van der Waals surface area contributed by atoms with Crippen LogP contribution in [0, 0.1) is 10.1 Å². The molecule has 0 amide bonds. The van der Waals surface area contributed by atoms with Crippen molar-refractivity contribution >= 4 is 0 Å². The van der Waals surface area contributed by atoms with Gasteiger partial charge in [-0.05, 0) is 0 Å². The lowest BCUT2D eigenvalue weighted by Crippen LogP contribution is -1.47. The highest BCUT2D eigenvalue weighted by Crippen LogP contribution is 2.14. The van der Waals surface area contributed by atoms with Crippen LogP contribution in [0.3, 0.4) is 0 Å². The Morgan fingerprint density at radius 2 is 1.50 bits per heavy atom. The molecule has 1 rings (SSSR count). The topological polar surface area (TPSA) is 54.2 Å². The molecule has 0 unspecified atom stereocenters. The predicted molar refractivity (Wildman–Crippen MR) is 22.7 cm³/mol. The summed E-state index contributed by atoms with van der Waals surface area (Å²) in [6, 6.07) is 0. The average molecular weight is 88.1 g/mol. The van der Waals surface area contributed by atoms with Gasteiger partial charge in [0.1, 0.15) is 0 Å². The standard InChI is InChI=1S/C3H6.NO2/c1-2-3-1;2-1-3/h1-3H2;. The third kappa shape index (κ3) is 122. The molecule has 3 heteroatoms. The lowest BCUT2D eigenvalue weighted by atomic mass is 11.0. The van der Waals surface area contributed by atoms with E-state index < -0.39 is 0 Å². The molecule has 0 aromatic heterocycles. The van der Waals surface area contributed by atoms with Crippen molar-refractivity contribution in [3.05, 3.63) is 10.1 Å². The molecule has 6 heavy (non-hydrogen) atoms. The molecule has 1 saturated carbocycles. The largest absolute Gasteiger partial charge is 0.387 e. The van der Waals surface area contributed by atoms with Crippen molar-refractivity contribution in [1.29, 1.82) is 0 Å². The maximum absolute atomic E-state index is 8.00. The molecule has 0 heterocycles. The summed E-state index contributed by atoms with van der Waals surface area (Å²) in [5, 5.41) is 9.00. The van der Waals surface area contributed by atoms with E-state index in [2.05, 4.69) is 0 Å². The molecule has 0 N–H and O–H groups in total. The number of hydrogen-bond acceptors (Lipinski definition) is 3. The highest BCUT2D eigenvalue weighted by Gasteiger charge is 1.95. The van der Waals surface area contributed by atoms with Crippen LogP contribution >= 0.6 is 0 Å². The van der Waals surface area contributed by atoms with Crippen LogP contribution in [0.4, 0.5) is 0 Å². The van der Waals surface area contributed by atoms with Crippen molar-refractivity contribution in [1.82, 2.24) is 5.34 Å². The van der Waals surface area contributed by atoms with Crippen LogP contribution in [0.15, 0.2) is 0 Å². The van der Waals surface area contributed by atoms with E-state index >= 15 is 0 Å². The van der Waals surface area contributed by atoms with Crippen molar-refractivity contribution in [2.45, 2.75) is 19.3 Å². The molecule has 3 nitrogen and oxygen atoms in total. The second-order valence-corrected chi connectivity index (χ2v) is 1.14. The van der Waals surface area contributed by atoms with Crippen LogP contribution in [0.25, 0.3) is 0 Å². The first-order valence-electron chi connectivity index (χ1n) is 1.87. The summed E-state index contributed by atoms with van der Waals surface area (Å²) < 4.78 is 0. The maximum atomic E-state index is 8.00. The molecule has 1 aliphatic rings. The Labute approximate surface area is 35.9 Å². The number of rotatable bonds is 0. The summed E-state index contributed by atoms with van der Waals surface area (Å²) in [6.07, 6.45) is 4.50. The fourth-order valence-electron chi connectivity index (χ4n) is 0. The second-order valence-electron chi connectivity index (χ2n) is 1.14. The summed E-state index contributed by atoms with van der Waals surface area (Å²) in [7, 11) is 0. The van der Waals surface area contributed by atoms with E-state index in [4.69, 9.17) is 10.1 Å². The van der Waals surface area contributed by atoms with Crippen molar-refractivity contribution in [3.63, 3.8) is 0 Å². The first-order valence-corrected chi connectivity index (χ1v) is 1.87. The minimum absolute atomic E-state index is 1.00. The van der Waals surface area contributed by atoms with E-state index in [-0.39, 0.29) is 0 Å². The summed E-state index contributed by atoms with van der Waals surface area (Å²) in [6.45, 7) is 0. The molecule has 0 saturated heterocycles. The smallest absolute Gasteiger partial charge is 0.194 e. The van der Waals surface area contributed by atoms with Gasteiger partial charge in [-0.25, -0.2) is 0 Å². The average Bonchev–Trinajstić information content (AvgIpc) is 2.11. The molecule has 35 valence electrons. The fourth-order valence-corrected chi connectivity index (χ4v) is 0. The lowest BCUT2D eigenvalue weighted by Gasteiger charge is -1.16.